The molecule has 2 unspecified atom stereocenters. The number of aliphatic hydroxyl groups is 2. The van der Waals surface area contributed by atoms with E-state index in [1.807, 2.05) is 0 Å². The molecule has 0 aliphatic rings. The second kappa shape index (κ2) is 39.8. The highest BCUT2D eigenvalue weighted by Gasteiger charge is 2.20. The summed E-state index contributed by atoms with van der Waals surface area (Å²) in [5.41, 5.74) is 0. The number of amides is 1. The summed E-state index contributed by atoms with van der Waals surface area (Å²) in [7, 11) is 0. The van der Waals surface area contributed by atoms with Crippen molar-refractivity contribution in [2.24, 2.45) is 0 Å². The Morgan fingerprint density at radius 1 is 0.426 bits per heavy atom. The zero-order chi connectivity index (χ0) is 34.3. The van der Waals surface area contributed by atoms with Crippen LogP contribution in [0.3, 0.4) is 0 Å². The van der Waals surface area contributed by atoms with Crippen molar-refractivity contribution in [3.8, 4) is 0 Å². The molecule has 0 aromatic carbocycles. The molecule has 0 radical (unpaired) electrons. The Morgan fingerprint density at radius 3 is 0.957 bits per heavy atom. The smallest absolute Gasteiger partial charge is 0.220 e. The van der Waals surface area contributed by atoms with E-state index in [1.165, 1.54) is 199 Å². The predicted octanol–water partition coefficient (Wildman–Crippen LogP) is 13.3. The topological polar surface area (TPSA) is 69.6 Å². The summed E-state index contributed by atoms with van der Waals surface area (Å²) in [6.07, 6.45) is 47.5. The second-order valence-electron chi connectivity index (χ2n) is 15.1. The minimum absolute atomic E-state index is 0.0259. The Balaban J connectivity index is 3.47. The van der Waals surface area contributed by atoms with Gasteiger partial charge in [-0.25, -0.2) is 0 Å². The fourth-order valence-corrected chi connectivity index (χ4v) is 7.01. The molecule has 3 N–H and O–H groups in total. The average Bonchev–Trinajstić information content (AvgIpc) is 3.07. The number of carbonyl (C=O) groups excluding carboxylic acids is 1. The fourth-order valence-electron chi connectivity index (χ4n) is 7.01. The Labute approximate surface area is 295 Å². The van der Waals surface area contributed by atoms with Crippen LogP contribution >= 0.6 is 0 Å². The van der Waals surface area contributed by atoms with E-state index in [-0.39, 0.29) is 12.5 Å². The van der Waals surface area contributed by atoms with Crippen molar-refractivity contribution in [1.29, 1.82) is 0 Å². The molecule has 0 spiro atoms. The van der Waals surface area contributed by atoms with Crippen molar-refractivity contribution >= 4 is 5.91 Å². The van der Waals surface area contributed by atoms with Crippen LogP contribution in [0.1, 0.15) is 251 Å². The maximum absolute atomic E-state index is 12.4. The van der Waals surface area contributed by atoms with Crippen LogP contribution in [0.2, 0.25) is 0 Å². The molecule has 0 aliphatic heterocycles. The van der Waals surface area contributed by atoms with Crippen LogP contribution in [0.5, 0.6) is 0 Å². The van der Waals surface area contributed by atoms with E-state index in [9.17, 15) is 15.0 Å². The van der Waals surface area contributed by atoms with E-state index in [1.54, 1.807) is 0 Å². The van der Waals surface area contributed by atoms with Crippen molar-refractivity contribution in [2.75, 3.05) is 6.61 Å². The molecule has 0 aromatic heterocycles. The van der Waals surface area contributed by atoms with Crippen LogP contribution in [-0.2, 0) is 4.79 Å². The van der Waals surface area contributed by atoms with Crippen molar-refractivity contribution in [2.45, 2.75) is 264 Å². The minimum atomic E-state index is -0.652. The molecule has 0 aliphatic carbocycles. The molecule has 282 valence electrons. The van der Waals surface area contributed by atoms with Crippen LogP contribution in [0.4, 0.5) is 0 Å². The van der Waals surface area contributed by atoms with E-state index in [2.05, 4.69) is 19.2 Å². The van der Waals surface area contributed by atoms with Gasteiger partial charge in [0.2, 0.25) is 5.91 Å². The molecule has 4 nitrogen and oxygen atoms in total. The van der Waals surface area contributed by atoms with Gasteiger partial charge < -0.3 is 15.5 Å². The van der Waals surface area contributed by atoms with Crippen LogP contribution in [0, 0.1) is 0 Å². The van der Waals surface area contributed by atoms with E-state index < -0.39 is 12.1 Å². The third-order valence-electron chi connectivity index (χ3n) is 10.4. The summed E-state index contributed by atoms with van der Waals surface area (Å²) >= 11 is 0. The number of unbranched alkanes of at least 4 members (excludes halogenated alkanes) is 33. The summed E-state index contributed by atoms with van der Waals surface area (Å²) < 4.78 is 0. The number of hydrogen-bond acceptors (Lipinski definition) is 3. The van der Waals surface area contributed by atoms with Gasteiger partial charge in [-0.1, -0.05) is 232 Å². The molecule has 47 heavy (non-hydrogen) atoms. The van der Waals surface area contributed by atoms with Gasteiger partial charge in [0, 0.05) is 6.42 Å². The maximum atomic E-state index is 12.4. The molecule has 0 saturated heterocycles. The lowest BCUT2D eigenvalue weighted by Gasteiger charge is -2.22. The first kappa shape index (κ1) is 46.4. The Kier molecular flexibility index (Phi) is 39.3. The number of rotatable bonds is 40. The van der Waals surface area contributed by atoms with Gasteiger partial charge in [0.1, 0.15) is 0 Å². The molecule has 0 bridgehead atoms. The first-order chi connectivity index (χ1) is 23.2. The van der Waals surface area contributed by atoms with Crippen molar-refractivity contribution in [3.05, 3.63) is 0 Å². The van der Waals surface area contributed by atoms with E-state index in [4.69, 9.17) is 0 Å². The summed E-state index contributed by atoms with van der Waals surface area (Å²) in [5.74, 6) is -0.0259. The number of nitrogens with one attached hydrogen (secondary N) is 1. The molecular formula is C43H87NO3. The summed E-state index contributed by atoms with van der Waals surface area (Å²) in [6.45, 7) is 4.38. The summed E-state index contributed by atoms with van der Waals surface area (Å²) in [6, 6.07) is -0.529. The normalized spacial score (nSPS) is 12.9. The van der Waals surface area contributed by atoms with Gasteiger partial charge in [-0.3, -0.25) is 4.79 Å². The van der Waals surface area contributed by atoms with Gasteiger partial charge in [0.25, 0.3) is 0 Å². The molecule has 0 rings (SSSR count). The highest BCUT2D eigenvalue weighted by Crippen LogP contribution is 2.17. The van der Waals surface area contributed by atoms with Crippen LogP contribution in [-0.4, -0.2) is 34.9 Å². The Bertz CT molecular complexity index is 598. The van der Waals surface area contributed by atoms with Crippen LogP contribution in [0.15, 0.2) is 0 Å². The van der Waals surface area contributed by atoms with Crippen LogP contribution in [0.25, 0.3) is 0 Å². The molecule has 1 amide bonds. The largest absolute Gasteiger partial charge is 0.394 e. The molecule has 0 aromatic rings. The highest BCUT2D eigenvalue weighted by atomic mass is 16.3. The number of carbonyl (C=O) groups is 1. The Morgan fingerprint density at radius 2 is 0.681 bits per heavy atom. The first-order valence-corrected chi connectivity index (χ1v) is 21.7. The van der Waals surface area contributed by atoms with Crippen molar-refractivity contribution in [3.63, 3.8) is 0 Å². The van der Waals surface area contributed by atoms with Gasteiger partial charge in [-0.05, 0) is 12.8 Å². The van der Waals surface area contributed by atoms with Gasteiger partial charge in [-0.15, -0.1) is 0 Å². The molecule has 0 fully saturated rings. The zero-order valence-corrected chi connectivity index (χ0v) is 32.3. The van der Waals surface area contributed by atoms with Gasteiger partial charge in [-0.2, -0.15) is 0 Å². The molecular weight excluding hydrogens is 578 g/mol. The first-order valence-electron chi connectivity index (χ1n) is 21.7. The summed E-state index contributed by atoms with van der Waals surface area (Å²) in [5, 5.41) is 23.2. The predicted molar refractivity (Wildman–Crippen MR) is 207 cm³/mol. The lowest BCUT2D eigenvalue weighted by Crippen LogP contribution is -2.45. The van der Waals surface area contributed by atoms with Gasteiger partial charge >= 0.3 is 0 Å². The number of aliphatic hydroxyl groups excluding tert-OH is 2. The maximum Gasteiger partial charge on any atom is 0.220 e. The second-order valence-corrected chi connectivity index (χ2v) is 15.1. The Hall–Kier alpha value is -0.610. The van der Waals surface area contributed by atoms with Gasteiger partial charge in [0.05, 0.1) is 18.8 Å². The van der Waals surface area contributed by atoms with E-state index in [0.717, 1.165) is 25.7 Å². The van der Waals surface area contributed by atoms with Crippen molar-refractivity contribution in [1.82, 2.24) is 5.32 Å². The molecule has 0 heterocycles. The third kappa shape index (κ3) is 36.5. The zero-order valence-electron chi connectivity index (χ0n) is 32.3. The molecule has 2 atom stereocenters. The molecule has 4 heteroatoms. The SMILES string of the molecule is CCCCCCCCCCCCCCCCCCCCCC(=O)NC(CO)C(O)CCCCCCCCCCCCCCCCCC. The lowest BCUT2D eigenvalue weighted by atomic mass is 10.0. The lowest BCUT2D eigenvalue weighted by molar-refractivity contribution is -0.123. The summed E-state index contributed by atoms with van der Waals surface area (Å²) in [4.78, 5) is 12.4. The van der Waals surface area contributed by atoms with Gasteiger partial charge in [0.15, 0.2) is 0 Å². The number of hydrogen-bond donors (Lipinski definition) is 3. The van der Waals surface area contributed by atoms with Crippen LogP contribution < -0.4 is 5.32 Å². The molecule has 0 saturated carbocycles. The van der Waals surface area contributed by atoms with E-state index in [0.29, 0.717) is 12.8 Å². The van der Waals surface area contributed by atoms with Crippen molar-refractivity contribution < 1.29 is 15.0 Å². The monoisotopic (exact) mass is 666 g/mol. The fraction of sp³-hybridized carbons (Fsp3) is 0.977. The highest BCUT2D eigenvalue weighted by molar-refractivity contribution is 5.76. The standard InChI is InChI=1S/C43H87NO3/c1-3-5-7-9-11-13-15-17-19-21-22-23-25-27-29-31-33-35-37-39-43(47)44-41(40-45)42(46)38-36-34-32-30-28-26-24-20-18-16-14-12-10-8-6-4-2/h41-42,45-46H,3-40H2,1-2H3,(H,44,47). The van der Waals surface area contributed by atoms with E-state index >= 15 is 0 Å². The minimum Gasteiger partial charge on any atom is -0.394 e. The average molecular weight is 666 g/mol. The third-order valence-corrected chi connectivity index (χ3v) is 10.4. The quantitative estimate of drug-likeness (QED) is 0.0570.